The first-order valence-electron chi connectivity index (χ1n) is 2.25. The minimum Gasteiger partial charge on any atom is -0.244 e. The molecule has 0 heterocycles. The molecule has 6 heteroatoms. The average molecular weight is 166 g/mol. The lowest BCUT2D eigenvalue weighted by Crippen LogP contribution is -2.44. The van der Waals surface area contributed by atoms with Crippen molar-refractivity contribution in [2.24, 2.45) is 0 Å². The quantitative estimate of drug-likeness (QED) is 0.563. The van der Waals surface area contributed by atoms with Gasteiger partial charge in [-0.25, -0.2) is 8.78 Å². The SMILES string of the molecule is FCC(F)(F)C(F)(F)CF. The molecule has 62 valence electrons. The Bertz CT molecular complexity index is 94.3. The van der Waals surface area contributed by atoms with Crippen molar-refractivity contribution in [1.29, 1.82) is 0 Å². The minimum atomic E-state index is -4.89. The molecule has 0 aliphatic heterocycles. The van der Waals surface area contributed by atoms with Crippen LogP contribution in [0.1, 0.15) is 0 Å². The van der Waals surface area contributed by atoms with Gasteiger partial charge in [0, 0.05) is 0 Å². The summed E-state index contributed by atoms with van der Waals surface area (Å²) in [6.45, 7) is -5.10. The van der Waals surface area contributed by atoms with E-state index in [9.17, 15) is 26.3 Å². The summed E-state index contributed by atoms with van der Waals surface area (Å²) in [7, 11) is 0. The van der Waals surface area contributed by atoms with Crippen LogP contribution in [-0.2, 0) is 0 Å². The molecule has 0 bridgehead atoms. The number of hydrogen-bond donors (Lipinski definition) is 0. The van der Waals surface area contributed by atoms with E-state index >= 15 is 0 Å². The normalized spacial score (nSPS) is 13.8. The molecule has 0 saturated heterocycles. The van der Waals surface area contributed by atoms with Crippen molar-refractivity contribution in [3.05, 3.63) is 0 Å². The van der Waals surface area contributed by atoms with Crippen LogP contribution in [0.3, 0.4) is 0 Å². The maximum Gasteiger partial charge on any atom is 0.340 e. The van der Waals surface area contributed by atoms with Gasteiger partial charge >= 0.3 is 11.8 Å². The molecule has 0 nitrogen and oxygen atoms in total. The van der Waals surface area contributed by atoms with E-state index in [2.05, 4.69) is 0 Å². The molecule has 0 rings (SSSR count). The number of alkyl halides is 6. The largest absolute Gasteiger partial charge is 0.340 e. The maximum atomic E-state index is 11.6. The van der Waals surface area contributed by atoms with E-state index in [1.807, 2.05) is 0 Å². The monoisotopic (exact) mass is 166 g/mol. The van der Waals surface area contributed by atoms with Gasteiger partial charge in [0.2, 0.25) is 0 Å². The van der Waals surface area contributed by atoms with Crippen molar-refractivity contribution in [3.8, 4) is 0 Å². The van der Waals surface area contributed by atoms with Crippen LogP contribution in [0.25, 0.3) is 0 Å². The highest BCUT2D eigenvalue weighted by molar-refractivity contribution is 4.83. The van der Waals surface area contributed by atoms with Gasteiger partial charge in [0.05, 0.1) is 0 Å². The van der Waals surface area contributed by atoms with Gasteiger partial charge in [0.25, 0.3) is 0 Å². The van der Waals surface area contributed by atoms with Gasteiger partial charge in [-0.1, -0.05) is 0 Å². The van der Waals surface area contributed by atoms with Crippen molar-refractivity contribution in [2.75, 3.05) is 13.3 Å². The summed E-state index contributed by atoms with van der Waals surface area (Å²) in [5.41, 5.74) is 0. The van der Waals surface area contributed by atoms with E-state index in [0.717, 1.165) is 0 Å². The summed E-state index contributed by atoms with van der Waals surface area (Å²) in [6.07, 6.45) is 0. The third kappa shape index (κ3) is 1.54. The molecular weight excluding hydrogens is 162 g/mol. The molecule has 0 radical (unpaired) electrons. The third-order valence-electron chi connectivity index (χ3n) is 0.871. The lowest BCUT2D eigenvalue weighted by Gasteiger charge is -2.20. The summed E-state index contributed by atoms with van der Waals surface area (Å²) in [5.74, 6) is -9.77. The first-order chi connectivity index (χ1) is 4.37. The Balaban J connectivity index is 4.28. The second-order valence-electron chi connectivity index (χ2n) is 1.68. The van der Waals surface area contributed by atoms with Crippen LogP contribution in [0.15, 0.2) is 0 Å². The molecule has 0 aromatic carbocycles. The lowest BCUT2D eigenvalue weighted by molar-refractivity contribution is -0.221. The molecule has 0 saturated carbocycles. The highest BCUT2D eigenvalue weighted by Crippen LogP contribution is 2.34. The van der Waals surface area contributed by atoms with E-state index in [1.165, 1.54) is 0 Å². The first-order valence-corrected chi connectivity index (χ1v) is 2.25. The zero-order valence-electron chi connectivity index (χ0n) is 4.68. The van der Waals surface area contributed by atoms with Crippen LogP contribution in [0.5, 0.6) is 0 Å². The van der Waals surface area contributed by atoms with Gasteiger partial charge in [0.15, 0.2) is 13.3 Å². The molecule has 0 amide bonds. The molecule has 0 aliphatic rings. The molecule has 10 heavy (non-hydrogen) atoms. The van der Waals surface area contributed by atoms with E-state index in [-0.39, 0.29) is 0 Å². The summed E-state index contributed by atoms with van der Waals surface area (Å²) in [5, 5.41) is 0. The van der Waals surface area contributed by atoms with Crippen molar-refractivity contribution < 1.29 is 26.3 Å². The smallest absolute Gasteiger partial charge is 0.244 e. The van der Waals surface area contributed by atoms with Crippen LogP contribution in [0, 0.1) is 0 Å². The summed E-state index contributed by atoms with van der Waals surface area (Å²) < 4.78 is 68.4. The summed E-state index contributed by atoms with van der Waals surface area (Å²) in [4.78, 5) is 0. The average Bonchev–Trinajstić information content (AvgIpc) is 1.88. The van der Waals surface area contributed by atoms with Gasteiger partial charge in [-0.15, -0.1) is 0 Å². The van der Waals surface area contributed by atoms with Gasteiger partial charge in [-0.2, -0.15) is 17.6 Å². The Morgan fingerprint density at radius 3 is 1.00 bits per heavy atom. The summed E-state index contributed by atoms with van der Waals surface area (Å²) >= 11 is 0. The zero-order chi connectivity index (χ0) is 8.41. The predicted octanol–water partition coefficient (Wildman–Crippen LogP) is 2.20. The standard InChI is InChI=1S/C4H4F6/c5-1-3(7,8)4(9,10)2-6/h1-2H2. The second kappa shape index (κ2) is 2.67. The van der Waals surface area contributed by atoms with Crippen LogP contribution < -0.4 is 0 Å². The minimum absolute atomic E-state index is 2.55. The van der Waals surface area contributed by atoms with Crippen molar-refractivity contribution >= 4 is 0 Å². The second-order valence-corrected chi connectivity index (χ2v) is 1.68. The van der Waals surface area contributed by atoms with Gasteiger partial charge in [-0.3, -0.25) is 0 Å². The number of hydrogen-bond acceptors (Lipinski definition) is 0. The van der Waals surface area contributed by atoms with E-state index in [0.29, 0.717) is 0 Å². The first kappa shape index (κ1) is 9.58. The van der Waals surface area contributed by atoms with E-state index < -0.39 is 25.2 Å². The third-order valence-corrected chi connectivity index (χ3v) is 0.871. The Morgan fingerprint density at radius 1 is 0.700 bits per heavy atom. The van der Waals surface area contributed by atoms with E-state index in [4.69, 9.17) is 0 Å². The molecule has 0 atom stereocenters. The zero-order valence-corrected chi connectivity index (χ0v) is 4.68. The Hall–Kier alpha value is -0.420. The van der Waals surface area contributed by atoms with Crippen LogP contribution in [-0.4, -0.2) is 25.2 Å². The fraction of sp³-hybridized carbons (Fsp3) is 1.00. The Labute approximate surface area is 52.8 Å². The Morgan fingerprint density at radius 2 is 0.900 bits per heavy atom. The molecule has 0 spiro atoms. The number of halogens is 6. The molecule has 0 aliphatic carbocycles. The highest BCUT2D eigenvalue weighted by atomic mass is 19.3. The molecule has 0 fully saturated rings. The van der Waals surface area contributed by atoms with Gasteiger partial charge < -0.3 is 0 Å². The van der Waals surface area contributed by atoms with Crippen LogP contribution in [0.4, 0.5) is 26.3 Å². The molecule has 0 aromatic rings. The van der Waals surface area contributed by atoms with Gasteiger partial charge in [-0.05, 0) is 0 Å². The van der Waals surface area contributed by atoms with E-state index in [1.54, 1.807) is 0 Å². The topological polar surface area (TPSA) is 0 Å². The highest BCUT2D eigenvalue weighted by Gasteiger charge is 2.56. The van der Waals surface area contributed by atoms with Crippen LogP contribution >= 0.6 is 0 Å². The van der Waals surface area contributed by atoms with Crippen molar-refractivity contribution in [1.82, 2.24) is 0 Å². The van der Waals surface area contributed by atoms with Gasteiger partial charge in [0.1, 0.15) is 0 Å². The Kier molecular flexibility index (Phi) is 2.56. The molecular formula is C4H4F6. The fourth-order valence-corrected chi connectivity index (χ4v) is 0.196. The predicted molar refractivity (Wildman–Crippen MR) is 21.8 cm³/mol. The fourth-order valence-electron chi connectivity index (χ4n) is 0.196. The molecule has 0 N–H and O–H groups in total. The molecule has 0 unspecified atom stereocenters. The lowest BCUT2D eigenvalue weighted by atomic mass is 10.2. The van der Waals surface area contributed by atoms with Crippen molar-refractivity contribution in [2.45, 2.75) is 11.8 Å². The van der Waals surface area contributed by atoms with Crippen molar-refractivity contribution in [3.63, 3.8) is 0 Å². The number of rotatable bonds is 3. The maximum absolute atomic E-state index is 11.6. The molecule has 0 aromatic heterocycles. The van der Waals surface area contributed by atoms with Crippen LogP contribution in [0.2, 0.25) is 0 Å². The summed E-state index contributed by atoms with van der Waals surface area (Å²) in [6, 6.07) is 0.